The second kappa shape index (κ2) is 6.01. The molecule has 2 aromatic rings. The maximum absolute atomic E-state index is 12.4. The molecule has 0 aromatic heterocycles. The van der Waals surface area contributed by atoms with E-state index in [0.717, 1.165) is 0 Å². The zero-order valence-electron chi connectivity index (χ0n) is 12.8. The highest BCUT2D eigenvalue weighted by Gasteiger charge is 2.26. The van der Waals surface area contributed by atoms with E-state index in [1.807, 2.05) is 0 Å². The lowest BCUT2D eigenvalue weighted by atomic mass is 10.0. The summed E-state index contributed by atoms with van der Waals surface area (Å²) in [5.74, 6) is 0.0956. The van der Waals surface area contributed by atoms with Crippen molar-refractivity contribution in [2.45, 2.75) is 11.8 Å². The molecule has 0 N–H and O–H groups in total. The van der Waals surface area contributed by atoms with Gasteiger partial charge in [0, 0.05) is 6.07 Å². The van der Waals surface area contributed by atoms with E-state index in [9.17, 15) is 13.2 Å². The first-order valence-corrected chi connectivity index (χ1v) is 8.43. The molecule has 1 aliphatic rings. The second-order valence-corrected chi connectivity index (χ2v) is 6.71. The number of fused-ring (bicyclic) bond motifs is 1. The van der Waals surface area contributed by atoms with Crippen LogP contribution in [0.25, 0.3) is 0 Å². The Balaban J connectivity index is 2.07. The van der Waals surface area contributed by atoms with Gasteiger partial charge in [0.1, 0.15) is 4.90 Å². The molecule has 0 radical (unpaired) electrons. The van der Waals surface area contributed by atoms with Gasteiger partial charge in [0.15, 0.2) is 23.0 Å². The molecule has 0 fully saturated rings. The van der Waals surface area contributed by atoms with Gasteiger partial charge in [0.05, 0.1) is 5.56 Å². The molecule has 0 atom stereocenters. The number of hydrogen-bond donors (Lipinski definition) is 0. The van der Waals surface area contributed by atoms with Crippen molar-refractivity contribution in [3.05, 3.63) is 60.2 Å². The molecule has 0 unspecified atom stereocenters. The van der Waals surface area contributed by atoms with Crippen molar-refractivity contribution in [1.82, 2.24) is 0 Å². The Bertz CT molecular complexity index is 916. The van der Waals surface area contributed by atoms with E-state index >= 15 is 0 Å². The molecule has 6 nitrogen and oxygen atoms in total. The van der Waals surface area contributed by atoms with E-state index in [1.165, 1.54) is 31.2 Å². The lowest BCUT2D eigenvalue weighted by Crippen LogP contribution is -2.12. The topological polar surface area (TPSA) is 78.9 Å². The lowest BCUT2D eigenvalue weighted by Gasteiger charge is -2.12. The first-order chi connectivity index (χ1) is 11.4. The van der Waals surface area contributed by atoms with Crippen molar-refractivity contribution in [2.75, 3.05) is 6.79 Å². The fourth-order valence-electron chi connectivity index (χ4n) is 2.15. The predicted molar refractivity (Wildman–Crippen MR) is 86.0 cm³/mol. The molecule has 7 heteroatoms. The summed E-state index contributed by atoms with van der Waals surface area (Å²) >= 11 is 0. The van der Waals surface area contributed by atoms with Crippen LogP contribution < -0.4 is 13.7 Å². The minimum Gasteiger partial charge on any atom is -0.454 e. The van der Waals surface area contributed by atoms with Gasteiger partial charge < -0.3 is 13.7 Å². The first-order valence-electron chi connectivity index (χ1n) is 7.02. The number of carbonyl (C=O) groups excluding carboxylic acids is 1. The highest BCUT2D eigenvalue weighted by Crippen LogP contribution is 2.39. The van der Waals surface area contributed by atoms with Crippen molar-refractivity contribution in [3.8, 4) is 17.2 Å². The summed E-state index contributed by atoms with van der Waals surface area (Å²) in [6.45, 7) is 5.12. The van der Waals surface area contributed by atoms with Gasteiger partial charge in [-0.25, -0.2) is 0 Å². The van der Waals surface area contributed by atoms with Crippen molar-refractivity contribution in [2.24, 2.45) is 0 Å². The number of benzene rings is 2. The zero-order valence-corrected chi connectivity index (χ0v) is 13.6. The molecular weight excluding hydrogens is 332 g/mol. The quantitative estimate of drug-likeness (QED) is 0.470. The average molecular weight is 346 g/mol. The van der Waals surface area contributed by atoms with Crippen molar-refractivity contribution < 1.29 is 26.9 Å². The van der Waals surface area contributed by atoms with E-state index in [1.54, 1.807) is 18.2 Å². The van der Waals surface area contributed by atoms with E-state index in [0.29, 0.717) is 11.5 Å². The molecule has 1 heterocycles. The standard InChI is InChI=1S/C17H14O6S/c1-11(2)17(18)13-8-15-16(22-10-21-15)9-14(13)23-24(19,20)12-6-4-3-5-7-12/h3-9H,1,10H2,2H3. The van der Waals surface area contributed by atoms with Gasteiger partial charge in [-0.2, -0.15) is 8.42 Å². The number of rotatable bonds is 5. The van der Waals surface area contributed by atoms with Gasteiger partial charge in [-0.15, -0.1) is 0 Å². The molecule has 0 saturated heterocycles. The lowest BCUT2D eigenvalue weighted by molar-refractivity contribution is 0.103. The summed E-state index contributed by atoms with van der Waals surface area (Å²) in [5, 5.41) is 0. The van der Waals surface area contributed by atoms with Gasteiger partial charge >= 0.3 is 10.1 Å². The van der Waals surface area contributed by atoms with E-state index in [4.69, 9.17) is 13.7 Å². The van der Waals surface area contributed by atoms with Gasteiger partial charge in [-0.05, 0) is 30.7 Å². The Morgan fingerprint density at radius 3 is 2.38 bits per heavy atom. The zero-order chi connectivity index (χ0) is 17.3. The molecule has 124 valence electrons. The third-order valence-corrected chi connectivity index (χ3v) is 4.59. The summed E-state index contributed by atoms with van der Waals surface area (Å²) in [7, 11) is -4.09. The predicted octanol–water partition coefficient (Wildman–Crippen LogP) is 2.94. The van der Waals surface area contributed by atoms with Crippen LogP contribution in [0.15, 0.2) is 59.5 Å². The van der Waals surface area contributed by atoms with E-state index in [-0.39, 0.29) is 28.6 Å². The van der Waals surface area contributed by atoms with Crippen molar-refractivity contribution in [3.63, 3.8) is 0 Å². The Labute approximate surface area is 139 Å². The Morgan fingerprint density at radius 1 is 1.12 bits per heavy atom. The molecule has 0 aliphatic carbocycles. The Morgan fingerprint density at radius 2 is 1.75 bits per heavy atom. The fraction of sp³-hybridized carbons (Fsp3) is 0.118. The van der Waals surface area contributed by atoms with E-state index in [2.05, 4.69) is 6.58 Å². The molecule has 0 amide bonds. The van der Waals surface area contributed by atoms with Gasteiger partial charge in [-0.1, -0.05) is 24.8 Å². The number of hydrogen-bond acceptors (Lipinski definition) is 6. The molecule has 24 heavy (non-hydrogen) atoms. The molecule has 0 bridgehead atoms. The molecule has 1 aliphatic heterocycles. The molecule has 3 rings (SSSR count). The monoisotopic (exact) mass is 346 g/mol. The second-order valence-electron chi connectivity index (χ2n) is 5.16. The number of ketones is 1. The maximum atomic E-state index is 12.4. The van der Waals surface area contributed by atoms with Crippen molar-refractivity contribution in [1.29, 1.82) is 0 Å². The van der Waals surface area contributed by atoms with Crippen LogP contribution in [0.1, 0.15) is 17.3 Å². The summed E-state index contributed by atoms with van der Waals surface area (Å²) in [5.41, 5.74) is 0.294. The Hall–Kier alpha value is -2.80. The number of Topliss-reactive ketones (excluding diaryl/α,β-unsaturated/α-hetero) is 1. The van der Waals surface area contributed by atoms with Crippen LogP contribution >= 0.6 is 0 Å². The summed E-state index contributed by atoms with van der Waals surface area (Å²) in [4.78, 5) is 12.3. The number of carbonyl (C=O) groups is 1. The fourth-order valence-corrected chi connectivity index (χ4v) is 3.11. The largest absolute Gasteiger partial charge is 0.454 e. The highest BCUT2D eigenvalue weighted by atomic mass is 32.2. The SMILES string of the molecule is C=C(C)C(=O)c1cc2c(cc1OS(=O)(=O)c1ccccc1)OCO2. The molecule has 0 saturated carbocycles. The number of ether oxygens (including phenoxy) is 2. The molecule has 2 aromatic carbocycles. The highest BCUT2D eigenvalue weighted by molar-refractivity contribution is 7.87. The average Bonchev–Trinajstić information content (AvgIpc) is 3.01. The minimum absolute atomic E-state index is 0.00900. The van der Waals surface area contributed by atoms with Crippen molar-refractivity contribution >= 4 is 15.9 Å². The summed E-state index contributed by atoms with van der Waals surface area (Å²) < 4.78 is 40.5. The van der Waals surface area contributed by atoms with Gasteiger partial charge in [-0.3, -0.25) is 4.79 Å². The van der Waals surface area contributed by atoms with Crippen LogP contribution in [0.5, 0.6) is 17.2 Å². The normalized spacial score (nSPS) is 12.7. The van der Waals surface area contributed by atoms with Crippen LogP contribution in [0.2, 0.25) is 0 Å². The third kappa shape index (κ3) is 2.98. The number of allylic oxidation sites excluding steroid dienone is 1. The van der Waals surface area contributed by atoms with Crippen LogP contribution in [0.3, 0.4) is 0 Å². The van der Waals surface area contributed by atoms with E-state index < -0.39 is 15.9 Å². The van der Waals surface area contributed by atoms with Crippen LogP contribution in [0.4, 0.5) is 0 Å². The smallest absolute Gasteiger partial charge is 0.339 e. The molecular formula is C17H14O6S. The van der Waals surface area contributed by atoms with Crippen LogP contribution in [-0.4, -0.2) is 21.0 Å². The van der Waals surface area contributed by atoms with Gasteiger partial charge in [0.25, 0.3) is 0 Å². The Kier molecular flexibility index (Phi) is 4.02. The van der Waals surface area contributed by atoms with Gasteiger partial charge in [0.2, 0.25) is 6.79 Å². The minimum atomic E-state index is -4.09. The first kappa shape index (κ1) is 16.1. The summed E-state index contributed by atoms with van der Waals surface area (Å²) in [6.07, 6.45) is 0. The summed E-state index contributed by atoms with van der Waals surface area (Å²) in [6, 6.07) is 10.4. The van der Waals surface area contributed by atoms with Crippen LogP contribution in [-0.2, 0) is 10.1 Å². The third-order valence-electron chi connectivity index (χ3n) is 3.34. The molecule has 0 spiro atoms. The van der Waals surface area contributed by atoms with Crippen LogP contribution in [0, 0.1) is 0 Å². The maximum Gasteiger partial charge on any atom is 0.339 e.